The summed E-state index contributed by atoms with van der Waals surface area (Å²) in [7, 11) is 3.76. The maximum absolute atomic E-state index is 11.4. The molecule has 2 unspecified atom stereocenters. The number of nitrogens with one attached hydrogen (secondary N) is 1. The number of aromatic carboxylic acids is 1. The Labute approximate surface area is 113 Å². The van der Waals surface area contributed by atoms with Gasteiger partial charge in [0.2, 0.25) is 0 Å². The summed E-state index contributed by atoms with van der Waals surface area (Å²) in [6.07, 6.45) is 2.83. The van der Waals surface area contributed by atoms with Crippen LogP contribution in [0.3, 0.4) is 0 Å². The first kappa shape index (κ1) is 13.8. The van der Waals surface area contributed by atoms with Crippen LogP contribution in [-0.2, 0) is 0 Å². The molecule has 1 aromatic rings. The van der Waals surface area contributed by atoms with Gasteiger partial charge in [-0.15, -0.1) is 0 Å². The van der Waals surface area contributed by atoms with Crippen molar-refractivity contribution in [2.75, 3.05) is 32.1 Å². The van der Waals surface area contributed by atoms with Crippen molar-refractivity contribution in [1.29, 1.82) is 0 Å². The predicted octanol–water partition coefficient (Wildman–Crippen LogP) is 1.56. The second-order valence-electron chi connectivity index (χ2n) is 5.37. The molecule has 104 valence electrons. The average molecular weight is 263 g/mol. The van der Waals surface area contributed by atoms with Crippen molar-refractivity contribution in [3.63, 3.8) is 0 Å². The number of rotatable bonds is 4. The maximum atomic E-state index is 11.4. The van der Waals surface area contributed by atoms with E-state index in [-0.39, 0.29) is 5.92 Å². The summed E-state index contributed by atoms with van der Waals surface area (Å²) in [6, 6.07) is 1.71. The van der Waals surface area contributed by atoms with Crippen LogP contribution in [0, 0.1) is 5.92 Å². The number of hydrogen-bond donors (Lipinski definition) is 2. The zero-order chi connectivity index (χ0) is 14.0. The molecule has 5 nitrogen and oxygen atoms in total. The quantitative estimate of drug-likeness (QED) is 0.863. The highest BCUT2D eigenvalue weighted by atomic mass is 16.4. The Morgan fingerprint density at radius 3 is 2.84 bits per heavy atom. The molecule has 19 heavy (non-hydrogen) atoms. The lowest BCUT2D eigenvalue weighted by Gasteiger charge is -2.21. The van der Waals surface area contributed by atoms with Crippen molar-refractivity contribution < 1.29 is 9.90 Å². The van der Waals surface area contributed by atoms with Gasteiger partial charge in [-0.1, -0.05) is 6.92 Å². The van der Waals surface area contributed by atoms with Gasteiger partial charge in [0, 0.05) is 20.0 Å². The van der Waals surface area contributed by atoms with Crippen LogP contribution in [0.2, 0.25) is 0 Å². The lowest BCUT2D eigenvalue weighted by Crippen LogP contribution is -2.19. The summed E-state index contributed by atoms with van der Waals surface area (Å²) in [5.74, 6) is -0.267. The molecule has 1 saturated heterocycles. The number of carboxylic acid groups (broad SMARTS) is 1. The van der Waals surface area contributed by atoms with Crippen LogP contribution in [0.15, 0.2) is 12.3 Å². The van der Waals surface area contributed by atoms with E-state index in [0.717, 1.165) is 25.2 Å². The number of pyridine rings is 1. The standard InChI is InChI=1S/C14H21N3O2/c1-9(10-4-5-15-7-10)13-12(14(18)19)6-11(8-16-13)17(2)3/h6,8-10,15H,4-5,7H2,1-3H3,(H,18,19). The largest absolute Gasteiger partial charge is 0.478 e. The number of carbonyl (C=O) groups is 1. The third kappa shape index (κ3) is 2.87. The van der Waals surface area contributed by atoms with Gasteiger partial charge in [-0.05, 0) is 31.5 Å². The first-order valence-electron chi connectivity index (χ1n) is 6.62. The molecule has 0 radical (unpaired) electrons. The van der Waals surface area contributed by atoms with Crippen molar-refractivity contribution >= 4 is 11.7 Å². The first-order valence-corrected chi connectivity index (χ1v) is 6.62. The topological polar surface area (TPSA) is 65.5 Å². The molecule has 5 heteroatoms. The van der Waals surface area contributed by atoms with E-state index in [1.807, 2.05) is 19.0 Å². The second kappa shape index (κ2) is 5.57. The maximum Gasteiger partial charge on any atom is 0.337 e. The van der Waals surface area contributed by atoms with Crippen molar-refractivity contribution in [3.05, 3.63) is 23.5 Å². The molecule has 1 aliphatic rings. The highest BCUT2D eigenvalue weighted by molar-refractivity contribution is 5.90. The fraction of sp³-hybridized carbons (Fsp3) is 0.571. The fourth-order valence-corrected chi connectivity index (χ4v) is 2.57. The van der Waals surface area contributed by atoms with E-state index in [9.17, 15) is 9.90 Å². The Morgan fingerprint density at radius 1 is 1.58 bits per heavy atom. The second-order valence-corrected chi connectivity index (χ2v) is 5.37. The van der Waals surface area contributed by atoms with Crippen molar-refractivity contribution in [1.82, 2.24) is 10.3 Å². The molecule has 0 aromatic carbocycles. The van der Waals surface area contributed by atoms with Gasteiger partial charge in [-0.2, -0.15) is 0 Å². The van der Waals surface area contributed by atoms with Crippen LogP contribution in [0.4, 0.5) is 5.69 Å². The van der Waals surface area contributed by atoms with E-state index in [0.29, 0.717) is 17.2 Å². The van der Waals surface area contributed by atoms with Gasteiger partial charge < -0.3 is 15.3 Å². The van der Waals surface area contributed by atoms with Gasteiger partial charge in [0.15, 0.2) is 0 Å². The third-order valence-corrected chi connectivity index (χ3v) is 3.89. The van der Waals surface area contributed by atoms with Crippen LogP contribution in [0.5, 0.6) is 0 Å². The Morgan fingerprint density at radius 2 is 2.32 bits per heavy atom. The summed E-state index contributed by atoms with van der Waals surface area (Å²) in [6.45, 7) is 4.02. The number of hydrogen-bond acceptors (Lipinski definition) is 4. The highest BCUT2D eigenvalue weighted by Crippen LogP contribution is 2.30. The van der Waals surface area contributed by atoms with E-state index >= 15 is 0 Å². The molecule has 0 spiro atoms. The van der Waals surface area contributed by atoms with Crippen LogP contribution >= 0.6 is 0 Å². The van der Waals surface area contributed by atoms with Crippen molar-refractivity contribution in [3.8, 4) is 0 Å². The van der Waals surface area contributed by atoms with E-state index in [1.165, 1.54) is 0 Å². The minimum Gasteiger partial charge on any atom is -0.478 e. The Balaban J connectivity index is 2.35. The fourth-order valence-electron chi connectivity index (χ4n) is 2.57. The summed E-state index contributed by atoms with van der Waals surface area (Å²) < 4.78 is 0. The summed E-state index contributed by atoms with van der Waals surface area (Å²) >= 11 is 0. The monoisotopic (exact) mass is 263 g/mol. The summed E-state index contributed by atoms with van der Waals surface area (Å²) in [4.78, 5) is 17.7. The Kier molecular flexibility index (Phi) is 4.04. The Hall–Kier alpha value is -1.62. The van der Waals surface area contributed by atoms with E-state index in [2.05, 4.69) is 17.2 Å². The molecule has 0 aliphatic carbocycles. The number of aromatic nitrogens is 1. The molecular formula is C14H21N3O2. The highest BCUT2D eigenvalue weighted by Gasteiger charge is 2.27. The van der Waals surface area contributed by atoms with E-state index in [1.54, 1.807) is 12.3 Å². The lowest BCUT2D eigenvalue weighted by atomic mass is 9.88. The number of nitrogens with zero attached hydrogens (tertiary/aromatic N) is 2. The van der Waals surface area contributed by atoms with Crippen molar-refractivity contribution in [2.45, 2.75) is 19.3 Å². The molecule has 1 aromatic heterocycles. The van der Waals surface area contributed by atoms with Crippen LogP contribution in [-0.4, -0.2) is 43.2 Å². The molecule has 0 bridgehead atoms. The smallest absolute Gasteiger partial charge is 0.337 e. The van der Waals surface area contributed by atoms with Gasteiger partial charge in [-0.3, -0.25) is 4.98 Å². The van der Waals surface area contributed by atoms with Crippen LogP contribution in [0.1, 0.15) is 35.3 Å². The van der Waals surface area contributed by atoms with Gasteiger partial charge >= 0.3 is 5.97 Å². The van der Waals surface area contributed by atoms with Gasteiger partial charge in [-0.25, -0.2) is 4.79 Å². The Bertz CT molecular complexity index is 468. The normalized spacial score (nSPS) is 20.3. The zero-order valence-electron chi connectivity index (χ0n) is 11.7. The van der Waals surface area contributed by atoms with Gasteiger partial charge in [0.25, 0.3) is 0 Å². The predicted molar refractivity (Wildman–Crippen MR) is 74.9 cm³/mol. The van der Waals surface area contributed by atoms with Crippen molar-refractivity contribution in [2.24, 2.45) is 5.92 Å². The minimum atomic E-state index is -0.899. The first-order chi connectivity index (χ1) is 9.00. The minimum absolute atomic E-state index is 0.164. The average Bonchev–Trinajstić information content (AvgIpc) is 2.90. The molecule has 2 heterocycles. The van der Waals surface area contributed by atoms with Crippen LogP contribution in [0.25, 0.3) is 0 Å². The summed E-state index contributed by atoms with van der Waals surface area (Å²) in [5.41, 5.74) is 1.84. The molecule has 1 aliphatic heterocycles. The number of carboxylic acids is 1. The van der Waals surface area contributed by atoms with Gasteiger partial charge in [0.05, 0.1) is 23.1 Å². The molecule has 2 atom stereocenters. The molecule has 2 rings (SSSR count). The molecule has 1 fully saturated rings. The third-order valence-electron chi connectivity index (χ3n) is 3.89. The van der Waals surface area contributed by atoms with E-state index in [4.69, 9.17) is 0 Å². The SMILES string of the molecule is CC(c1ncc(N(C)C)cc1C(=O)O)C1CCNC1. The molecule has 2 N–H and O–H groups in total. The lowest BCUT2D eigenvalue weighted by molar-refractivity contribution is 0.0694. The van der Waals surface area contributed by atoms with E-state index < -0.39 is 5.97 Å². The molecular weight excluding hydrogens is 242 g/mol. The molecule has 0 saturated carbocycles. The zero-order valence-corrected chi connectivity index (χ0v) is 11.7. The van der Waals surface area contributed by atoms with Gasteiger partial charge in [0.1, 0.15) is 0 Å². The molecule has 0 amide bonds. The number of anilines is 1. The summed E-state index contributed by atoms with van der Waals surface area (Å²) in [5, 5.41) is 12.7. The van der Waals surface area contributed by atoms with Crippen LogP contribution < -0.4 is 10.2 Å².